The molecule has 0 aromatic rings. The second kappa shape index (κ2) is 12.5. The molecule has 0 saturated carbocycles. The maximum absolute atomic E-state index is 12.2. The van der Waals surface area contributed by atoms with Crippen LogP contribution in [0.15, 0.2) is 4.99 Å². The average Bonchev–Trinajstić information content (AvgIpc) is 2.68. The quantitative estimate of drug-likeness (QED) is 0.364. The lowest BCUT2D eigenvalue weighted by atomic mass is 10.1. The molecule has 8 nitrogen and oxygen atoms in total. The molecule has 9 heteroatoms. The first kappa shape index (κ1) is 22.4. The van der Waals surface area contributed by atoms with Gasteiger partial charge < -0.3 is 20.3 Å². The van der Waals surface area contributed by atoms with Crippen LogP contribution in [-0.2, 0) is 14.8 Å². The number of hydrogen-bond donors (Lipinski definition) is 3. The smallest absolute Gasteiger partial charge is 0.213 e. The highest BCUT2D eigenvalue weighted by molar-refractivity contribution is 7.89. The third-order valence-electron chi connectivity index (χ3n) is 4.95. The van der Waals surface area contributed by atoms with E-state index in [1.807, 2.05) is 6.92 Å². The molecule has 1 unspecified atom stereocenters. The molecule has 27 heavy (non-hydrogen) atoms. The second-order valence-corrected chi connectivity index (χ2v) is 9.17. The Bertz CT molecular complexity index is 529. The van der Waals surface area contributed by atoms with E-state index in [1.165, 1.54) is 19.3 Å². The van der Waals surface area contributed by atoms with Crippen LogP contribution < -0.4 is 15.4 Å². The van der Waals surface area contributed by atoms with Crippen molar-refractivity contribution in [1.29, 1.82) is 0 Å². The summed E-state index contributed by atoms with van der Waals surface area (Å²) in [5.74, 6) is 0.705. The summed E-state index contributed by atoms with van der Waals surface area (Å²) in [5, 5.41) is 6.30. The van der Waals surface area contributed by atoms with Crippen LogP contribution >= 0.6 is 0 Å². The summed E-state index contributed by atoms with van der Waals surface area (Å²) in [5.41, 5.74) is 0. The van der Waals surface area contributed by atoms with Crippen molar-refractivity contribution in [2.24, 2.45) is 4.99 Å². The molecule has 2 saturated heterocycles. The Morgan fingerprint density at radius 3 is 2.67 bits per heavy atom. The first-order chi connectivity index (χ1) is 13.1. The average molecular weight is 404 g/mol. The van der Waals surface area contributed by atoms with Crippen molar-refractivity contribution in [2.45, 2.75) is 51.6 Å². The molecule has 0 aliphatic carbocycles. The topological polar surface area (TPSA) is 95.1 Å². The largest absolute Gasteiger partial charge is 0.377 e. The molecule has 2 fully saturated rings. The van der Waals surface area contributed by atoms with Crippen molar-refractivity contribution in [3.8, 4) is 0 Å². The van der Waals surface area contributed by atoms with Crippen molar-refractivity contribution < 1.29 is 13.2 Å². The molecule has 2 rings (SSSR count). The van der Waals surface area contributed by atoms with E-state index in [2.05, 4.69) is 25.2 Å². The zero-order valence-electron chi connectivity index (χ0n) is 16.7. The minimum atomic E-state index is -3.31. The number of guanidine groups is 1. The summed E-state index contributed by atoms with van der Waals surface area (Å²) < 4.78 is 32.5. The Labute approximate surface area is 164 Å². The van der Waals surface area contributed by atoms with E-state index in [9.17, 15) is 8.42 Å². The van der Waals surface area contributed by atoms with Crippen molar-refractivity contribution in [3.63, 3.8) is 0 Å². The normalized spacial score (nSPS) is 22.6. The number of hydrogen-bond acceptors (Lipinski definition) is 5. The molecule has 0 radical (unpaired) electrons. The van der Waals surface area contributed by atoms with Crippen LogP contribution in [0.2, 0.25) is 0 Å². The van der Waals surface area contributed by atoms with Crippen LogP contribution in [0.5, 0.6) is 0 Å². The number of sulfonamides is 1. The molecular formula is C18H37N5O3S. The molecule has 3 N–H and O–H groups in total. The van der Waals surface area contributed by atoms with Crippen LogP contribution in [-0.4, -0.2) is 83.6 Å². The summed E-state index contributed by atoms with van der Waals surface area (Å²) >= 11 is 0. The number of nitrogens with one attached hydrogen (secondary N) is 3. The number of rotatable bonds is 10. The minimum absolute atomic E-state index is 0.00940. The van der Waals surface area contributed by atoms with Gasteiger partial charge in [-0.15, -0.1) is 0 Å². The van der Waals surface area contributed by atoms with Gasteiger partial charge in [-0.2, -0.15) is 0 Å². The summed E-state index contributed by atoms with van der Waals surface area (Å²) in [4.78, 5) is 7.01. The maximum atomic E-state index is 12.2. The van der Waals surface area contributed by atoms with E-state index in [4.69, 9.17) is 4.74 Å². The highest BCUT2D eigenvalue weighted by atomic mass is 32.2. The van der Waals surface area contributed by atoms with Crippen LogP contribution in [0.25, 0.3) is 0 Å². The molecule has 2 aliphatic rings. The first-order valence-electron chi connectivity index (χ1n) is 10.4. The Kier molecular flexibility index (Phi) is 10.4. The molecule has 2 aliphatic heterocycles. The molecule has 1 atom stereocenters. The third-order valence-corrected chi connectivity index (χ3v) is 6.30. The SMILES string of the molecule is CCNC(=NCCN1CCCCC1)NCCS(=O)(=O)NCC1CCCCO1. The van der Waals surface area contributed by atoms with E-state index >= 15 is 0 Å². The van der Waals surface area contributed by atoms with Gasteiger partial charge in [-0.3, -0.25) is 4.99 Å². The molecule has 0 amide bonds. The fourth-order valence-corrected chi connectivity index (χ4v) is 4.35. The van der Waals surface area contributed by atoms with Gasteiger partial charge >= 0.3 is 0 Å². The monoisotopic (exact) mass is 403 g/mol. The first-order valence-corrected chi connectivity index (χ1v) is 12.1. The van der Waals surface area contributed by atoms with Gasteiger partial charge in [0.25, 0.3) is 0 Å². The number of piperidine rings is 1. The molecule has 0 aromatic heterocycles. The standard InChI is InChI=1S/C18H37N5O3S/c1-2-19-18(20-9-13-23-11-5-3-6-12-23)21-10-15-27(24,25)22-16-17-8-4-7-14-26-17/h17,22H,2-16H2,1H3,(H2,19,20,21). The summed E-state index contributed by atoms with van der Waals surface area (Å²) in [6.07, 6.45) is 6.99. The van der Waals surface area contributed by atoms with Gasteiger partial charge in [0.15, 0.2) is 5.96 Å². The third kappa shape index (κ3) is 9.73. The number of aliphatic imine (C=N–C) groups is 1. The van der Waals surface area contributed by atoms with Gasteiger partial charge in [0.1, 0.15) is 0 Å². The van der Waals surface area contributed by atoms with E-state index in [-0.39, 0.29) is 11.9 Å². The molecule has 0 spiro atoms. The highest BCUT2D eigenvalue weighted by Gasteiger charge is 2.17. The van der Waals surface area contributed by atoms with Crippen molar-refractivity contribution in [1.82, 2.24) is 20.3 Å². The van der Waals surface area contributed by atoms with Gasteiger partial charge in [-0.25, -0.2) is 13.1 Å². The zero-order chi connectivity index (χ0) is 19.4. The van der Waals surface area contributed by atoms with Gasteiger partial charge in [0.2, 0.25) is 10.0 Å². The number of ether oxygens (including phenoxy) is 1. The lowest BCUT2D eigenvalue weighted by Crippen LogP contribution is -2.43. The Morgan fingerprint density at radius 2 is 1.96 bits per heavy atom. The fraction of sp³-hybridized carbons (Fsp3) is 0.944. The van der Waals surface area contributed by atoms with Crippen LogP contribution in [0.1, 0.15) is 45.4 Å². The maximum Gasteiger partial charge on any atom is 0.213 e. The Hall–Kier alpha value is -0.900. The van der Waals surface area contributed by atoms with Crippen LogP contribution in [0, 0.1) is 0 Å². The van der Waals surface area contributed by atoms with Gasteiger partial charge in [0.05, 0.1) is 18.4 Å². The Morgan fingerprint density at radius 1 is 1.15 bits per heavy atom. The number of nitrogens with zero attached hydrogens (tertiary/aromatic N) is 2. The predicted octanol–water partition coefficient (Wildman–Crippen LogP) is 0.516. The molecule has 2 heterocycles. The van der Waals surface area contributed by atoms with Crippen molar-refractivity contribution in [2.75, 3.05) is 58.2 Å². The van der Waals surface area contributed by atoms with Crippen molar-refractivity contribution >= 4 is 16.0 Å². The summed E-state index contributed by atoms with van der Waals surface area (Å²) in [6, 6.07) is 0. The van der Waals surface area contributed by atoms with Gasteiger partial charge in [-0.05, 0) is 52.1 Å². The fourth-order valence-electron chi connectivity index (χ4n) is 3.39. The molecule has 0 bridgehead atoms. The molecule has 0 aromatic carbocycles. The summed E-state index contributed by atoms with van der Waals surface area (Å²) in [6.45, 7) is 8.18. The zero-order valence-corrected chi connectivity index (χ0v) is 17.5. The van der Waals surface area contributed by atoms with Crippen LogP contribution in [0.4, 0.5) is 0 Å². The van der Waals surface area contributed by atoms with E-state index in [0.717, 1.165) is 58.6 Å². The molecule has 158 valence electrons. The number of likely N-dealkylation sites (tertiary alicyclic amines) is 1. The van der Waals surface area contributed by atoms with E-state index in [0.29, 0.717) is 19.0 Å². The van der Waals surface area contributed by atoms with E-state index < -0.39 is 10.0 Å². The lowest BCUT2D eigenvalue weighted by Gasteiger charge is -2.25. The van der Waals surface area contributed by atoms with E-state index in [1.54, 1.807) is 0 Å². The van der Waals surface area contributed by atoms with Crippen molar-refractivity contribution in [3.05, 3.63) is 0 Å². The second-order valence-electron chi connectivity index (χ2n) is 7.25. The minimum Gasteiger partial charge on any atom is -0.377 e. The predicted molar refractivity (Wildman–Crippen MR) is 110 cm³/mol. The van der Waals surface area contributed by atoms with Gasteiger partial charge in [0, 0.05) is 32.8 Å². The lowest BCUT2D eigenvalue weighted by molar-refractivity contribution is 0.0200. The summed E-state index contributed by atoms with van der Waals surface area (Å²) in [7, 11) is -3.31. The molecular weight excluding hydrogens is 366 g/mol. The van der Waals surface area contributed by atoms with Crippen LogP contribution in [0.3, 0.4) is 0 Å². The van der Waals surface area contributed by atoms with Gasteiger partial charge in [-0.1, -0.05) is 6.42 Å². The Balaban J connectivity index is 1.66. The highest BCUT2D eigenvalue weighted by Crippen LogP contribution is 2.11.